The van der Waals surface area contributed by atoms with E-state index in [2.05, 4.69) is 15.8 Å². The van der Waals surface area contributed by atoms with Crippen LogP contribution in [0, 0.1) is 0 Å². The molecule has 1 aromatic heterocycles. The van der Waals surface area contributed by atoms with Gasteiger partial charge in [-0.05, 0) is 18.2 Å². The fourth-order valence-corrected chi connectivity index (χ4v) is 3.82. The van der Waals surface area contributed by atoms with Gasteiger partial charge in [-0.2, -0.15) is 5.10 Å². The number of carbonyl (C=O) groups excluding carboxylic acids is 2. The van der Waals surface area contributed by atoms with Crippen LogP contribution >= 0.6 is 22.9 Å². The Bertz CT molecular complexity index is 1020. The Morgan fingerprint density at radius 3 is 2.70 bits per heavy atom. The Kier molecular flexibility index (Phi) is 6.05. The molecule has 0 fully saturated rings. The lowest BCUT2D eigenvalue weighted by molar-refractivity contribution is -0.120. The molecule has 138 valence electrons. The van der Waals surface area contributed by atoms with Gasteiger partial charge in [-0.15, -0.1) is 11.3 Å². The van der Waals surface area contributed by atoms with Crippen molar-refractivity contribution in [2.45, 2.75) is 0 Å². The second kappa shape index (κ2) is 8.66. The molecule has 2 amide bonds. The molecule has 0 saturated heterocycles. The average molecular weight is 402 g/mol. The molecule has 2 N–H and O–H groups in total. The average Bonchev–Trinajstić information content (AvgIpc) is 3.03. The summed E-state index contributed by atoms with van der Waals surface area (Å²) in [6, 6.07) is 14.7. The summed E-state index contributed by atoms with van der Waals surface area (Å²) in [4.78, 5) is 24.6. The SMILES string of the molecule is COc1ccccc1/C=N/NC(=O)CNC(=O)c1sc2ccccc2c1Cl. The van der Waals surface area contributed by atoms with Crippen molar-refractivity contribution in [3.05, 3.63) is 64.0 Å². The van der Waals surface area contributed by atoms with Crippen molar-refractivity contribution >= 4 is 51.1 Å². The summed E-state index contributed by atoms with van der Waals surface area (Å²) in [6.07, 6.45) is 1.47. The molecule has 3 aromatic rings. The van der Waals surface area contributed by atoms with Crippen LogP contribution in [0.25, 0.3) is 10.1 Å². The van der Waals surface area contributed by atoms with Crippen LogP contribution in [0.5, 0.6) is 5.75 Å². The van der Waals surface area contributed by atoms with Gasteiger partial charge >= 0.3 is 0 Å². The van der Waals surface area contributed by atoms with Gasteiger partial charge in [0.2, 0.25) is 0 Å². The first kappa shape index (κ1) is 18.9. The van der Waals surface area contributed by atoms with E-state index in [0.29, 0.717) is 15.6 Å². The zero-order valence-electron chi connectivity index (χ0n) is 14.4. The zero-order valence-corrected chi connectivity index (χ0v) is 15.9. The highest BCUT2D eigenvalue weighted by atomic mass is 35.5. The van der Waals surface area contributed by atoms with E-state index < -0.39 is 11.8 Å². The van der Waals surface area contributed by atoms with E-state index in [1.165, 1.54) is 17.6 Å². The van der Waals surface area contributed by atoms with Crippen molar-refractivity contribution in [2.75, 3.05) is 13.7 Å². The number of halogens is 1. The van der Waals surface area contributed by atoms with Crippen LogP contribution in [0.4, 0.5) is 0 Å². The summed E-state index contributed by atoms with van der Waals surface area (Å²) >= 11 is 7.54. The number of ether oxygens (including phenoxy) is 1. The number of carbonyl (C=O) groups is 2. The molecule has 0 aliphatic heterocycles. The van der Waals surface area contributed by atoms with Crippen LogP contribution in [0.3, 0.4) is 0 Å². The van der Waals surface area contributed by atoms with E-state index in [-0.39, 0.29) is 6.54 Å². The normalized spacial score (nSPS) is 10.9. The third-order valence-electron chi connectivity index (χ3n) is 3.68. The molecule has 27 heavy (non-hydrogen) atoms. The predicted molar refractivity (Wildman–Crippen MR) is 108 cm³/mol. The summed E-state index contributed by atoms with van der Waals surface area (Å²) < 4.78 is 6.11. The molecule has 0 saturated carbocycles. The number of hydrazone groups is 1. The topological polar surface area (TPSA) is 79.8 Å². The summed E-state index contributed by atoms with van der Waals surface area (Å²) in [6.45, 7) is -0.216. The van der Waals surface area contributed by atoms with Gasteiger partial charge in [0.25, 0.3) is 11.8 Å². The minimum atomic E-state index is -0.452. The molecule has 0 unspecified atom stereocenters. The second-order valence-electron chi connectivity index (χ2n) is 5.46. The Morgan fingerprint density at radius 1 is 1.19 bits per heavy atom. The number of amides is 2. The molecule has 0 bridgehead atoms. The number of thiophene rings is 1. The molecule has 0 spiro atoms. The molecule has 3 rings (SSSR count). The maximum atomic E-state index is 12.3. The molecule has 8 heteroatoms. The third kappa shape index (κ3) is 4.45. The lowest BCUT2D eigenvalue weighted by atomic mass is 10.2. The van der Waals surface area contributed by atoms with Gasteiger partial charge in [-0.25, -0.2) is 5.43 Å². The monoisotopic (exact) mass is 401 g/mol. The fourth-order valence-electron chi connectivity index (χ4n) is 2.39. The Balaban J connectivity index is 1.56. The van der Waals surface area contributed by atoms with Crippen LogP contribution in [0.2, 0.25) is 5.02 Å². The largest absolute Gasteiger partial charge is 0.496 e. The van der Waals surface area contributed by atoms with Gasteiger partial charge in [-0.1, -0.05) is 41.9 Å². The minimum Gasteiger partial charge on any atom is -0.496 e. The second-order valence-corrected chi connectivity index (χ2v) is 6.89. The number of para-hydroxylation sites is 1. The minimum absolute atomic E-state index is 0.216. The molecule has 1 heterocycles. The molecular formula is C19H16ClN3O3S. The summed E-state index contributed by atoms with van der Waals surface area (Å²) in [5.74, 6) is -0.208. The van der Waals surface area contributed by atoms with Crippen LogP contribution in [-0.4, -0.2) is 31.7 Å². The van der Waals surface area contributed by atoms with Gasteiger partial charge in [0.1, 0.15) is 10.6 Å². The Morgan fingerprint density at radius 2 is 1.93 bits per heavy atom. The quantitative estimate of drug-likeness (QED) is 0.490. The highest BCUT2D eigenvalue weighted by molar-refractivity contribution is 7.21. The van der Waals surface area contributed by atoms with Crippen molar-refractivity contribution < 1.29 is 14.3 Å². The molecule has 0 aliphatic carbocycles. The van der Waals surface area contributed by atoms with Crippen molar-refractivity contribution in [1.29, 1.82) is 0 Å². The summed E-state index contributed by atoms with van der Waals surface area (Å²) in [7, 11) is 1.56. The third-order valence-corrected chi connectivity index (χ3v) is 5.36. The molecule has 0 atom stereocenters. The van der Waals surface area contributed by atoms with Gasteiger partial charge in [0.05, 0.1) is 24.9 Å². The lowest BCUT2D eigenvalue weighted by Gasteiger charge is -2.04. The van der Waals surface area contributed by atoms with Crippen molar-refractivity contribution in [3.63, 3.8) is 0 Å². The van der Waals surface area contributed by atoms with Gasteiger partial charge in [0.15, 0.2) is 0 Å². The van der Waals surface area contributed by atoms with Gasteiger partial charge in [0, 0.05) is 15.6 Å². The maximum absolute atomic E-state index is 12.3. The van der Waals surface area contributed by atoms with E-state index in [1.54, 1.807) is 19.2 Å². The van der Waals surface area contributed by atoms with Crippen molar-refractivity contribution in [2.24, 2.45) is 5.10 Å². The lowest BCUT2D eigenvalue weighted by Crippen LogP contribution is -2.34. The molecule has 0 aliphatic rings. The van der Waals surface area contributed by atoms with E-state index in [4.69, 9.17) is 16.3 Å². The number of rotatable bonds is 6. The van der Waals surface area contributed by atoms with Crippen molar-refractivity contribution in [1.82, 2.24) is 10.7 Å². The van der Waals surface area contributed by atoms with Crippen LogP contribution < -0.4 is 15.5 Å². The number of methoxy groups -OCH3 is 1. The van der Waals surface area contributed by atoms with Crippen LogP contribution in [-0.2, 0) is 4.79 Å². The van der Waals surface area contributed by atoms with Crippen molar-refractivity contribution in [3.8, 4) is 5.75 Å². The zero-order chi connectivity index (χ0) is 19.2. The predicted octanol–water partition coefficient (Wildman–Crippen LogP) is 3.44. The molecule has 0 radical (unpaired) electrons. The number of fused-ring (bicyclic) bond motifs is 1. The van der Waals surface area contributed by atoms with E-state index in [1.807, 2.05) is 36.4 Å². The van der Waals surface area contributed by atoms with Gasteiger partial charge < -0.3 is 10.1 Å². The van der Waals surface area contributed by atoms with E-state index >= 15 is 0 Å². The number of hydrogen-bond donors (Lipinski definition) is 2. The fraction of sp³-hybridized carbons (Fsp3) is 0.105. The smallest absolute Gasteiger partial charge is 0.263 e. The summed E-state index contributed by atoms with van der Waals surface area (Å²) in [5, 5.41) is 7.63. The Hall–Kier alpha value is -2.90. The van der Waals surface area contributed by atoms with E-state index in [0.717, 1.165) is 15.6 Å². The number of nitrogens with one attached hydrogen (secondary N) is 2. The van der Waals surface area contributed by atoms with Gasteiger partial charge in [-0.3, -0.25) is 9.59 Å². The molecule has 2 aromatic carbocycles. The van der Waals surface area contributed by atoms with E-state index in [9.17, 15) is 9.59 Å². The number of nitrogens with zero attached hydrogens (tertiary/aromatic N) is 1. The maximum Gasteiger partial charge on any atom is 0.263 e. The van der Waals surface area contributed by atoms with Crippen LogP contribution in [0.15, 0.2) is 53.6 Å². The van der Waals surface area contributed by atoms with Crippen LogP contribution in [0.1, 0.15) is 15.2 Å². The Labute approximate surface area is 164 Å². The first-order valence-electron chi connectivity index (χ1n) is 8.00. The first-order valence-corrected chi connectivity index (χ1v) is 9.19. The number of hydrogen-bond acceptors (Lipinski definition) is 5. The first-order chi connectivity index (χ1) is 13.1. The molecular weight excluding hydrogens is 386 g/mol. The molecule has 6 nitrogen and oxygen atoms in total. The number of benzene rings is 2. The highest BCUT2D eigenvalue weighted by Crippen LogP contribution is 2.34. The standard InChI is InChI=1S/C19H16ClN3O3S/c1-26-14-8-4-2-6-12(14)10-22-23-16(24)11-21-19(25)18-17(20)13-7-3-5-9-15(13)27-18/h2-10H,11H2,1H3,(H,21,25)(H,23,24)/b22-10+. The highest BCUT2D eigenvalue weighted by Gasteiger charge is 2.17. The summed E-state index contributed by atoms with van der Waals surface area (Å²) in [5.41, 5.74) is 3.08.